The van der Waals surface area contributed by atoms with Gasteiger partial charge in [0.1, 0.15) is 23.0 Å². The van der Waals surface area contributed by atoms with Crippen LogP contribution in [0.2, 0.25) is 0 Å². The standard InChI is InChI=1S/C34H26O6P2/c35-41(37-28-17-5-1-6-18-28,38-29-19-7-2-8-20-29)32-25-13-15-27-16-14-26-33(34(27)32)42(36,39-30-21-9-3-10-22-30)40-31-23-11-4-12-24-31/h1-26H. The second kappa shape index (κ2) is 12.0. The maximum absolute atomic E-state index is 14.9. The lowest BCUT2D eigenvalue weighted by Crippen LogP contribution is -2.23. The van der Waals surface area contributed by atoms with Crippen molar-refractivity contribution in [3.8, 4) is 23.0 Å². The zero-order valence-electron chi connectivity index (χ0n) is 22.4. The Balaban J connectivity index is 1.57. The molecule has 0 aromatic heterocycles. The van der Waals surface area contributed by atoms with E-state index in [2.05, 4.69) is 0 Å². The van der Waals surface area contributed by atoms with Crippen LogP contribution >= 0.6 is 15.2 Å². The van der Waals surface area contributed by atoms with E-state index < -0.39 is 15.2 Å². The zero-order valence-corrected chi connectivity index (χ0v) is 24.1. The van der Waals surface area contributed by atoms with Gasteiger partial charge in [0.25, 0.3) is 0 Å². The molecule has 6 aromatic rings. The van der Waals surface area contributed by atoms with Crippen LogP contribution in [0.25, 0.3) is 10.8 Å². The number of hydrogen-bond acceptors (Lipinski definition) is 6. The summed E-state index contributed by atoms with van der Waals surface area (Å²) in [7, 11) is -8.31. The van der Waals surface area contributed by atoms with E-state index in [1.807, 2.05) is 36.4 Å². The van der Waals surface area contributed by atoms with Crippen molar-refractivity contribution in [2.24, 2.45) is 0 Å². The van der Waals surface area contributed by atoms with Crippen molar-refractivity contribution in [2.75, 3.05) is 0 Å². The minimum Gasteiger partial charge on any atom is -0.413 e. The van der Waals surface area contributed by atoms with Crippen molar-refractivity contribution < 1.29 is 27.2 Å². The van der Waals surface area contributed by atoms with Crippen LogP contribution in [0.1, 0.15) is 0 Å². The first-order valence-electron chi connectivity index (χ1n) is 13.2. The molecule has 0 aliphatic carbocycles. The second-order valence-corrected chi connectivity index (χ2v) is 12.9. The molecular formula is C34H26O6P2. The summed E-state index contributed by atoms with van der Waals surface area (Å²) in [4.78, 5) is 0. The van der Waals surface area contributed by atoms with Crippen LogP contribution in [0, 0.1) is 0 Å². The van der Waals surface area contributed by atoms with Crippen LogP contribution in [0.3, 0.4) is 0 Å². The van der Waals surface area contributed by atoms with Gasteiger partial charge in [0.2, 0.25) is 0 Å². The molecule has 0 N–H and O–H groups in total. The van der Waals surface area contributed by atoms with Gasteiger partial charge in [-0.25, -0.2) is 9.13 Å². The van der Waals surface area contributed by atoms with Crippen LogP contribution in [0.15, 0.2) is 158 Å². The normalized spacial score (nSPS) is 11.5. The fraction of sp³-hybridized carbons (Fsp3) is 0. The molecule has 42 heavy (non-hydrogen) atoms. The Hall–Kier alpha value is -4.76. The Labute approximate surface area is 244 Å². The van der Waals surface area contributed by atoms with Gasteiger partial charge >= 0.3 is 15.2 Å². The van der Waals surface area contributed by atoms with Crippen LogP contribution in [-0.2, 0) is 9.13 Å². The van der Waals surface area contributed by atoms with Crippen LogP contribution in [-0.4, -0.2) is 0 Å². The van der Waals surface area contributed by atoms with E-state index in [4.69, 9.17) is 18.1 Å². The third-order valence-corrected chi connectivity index (χ3v) is 10.1. The highest BCUT2D eigenvalue weighted by atomic mass is 31.2. The molecule has 0 amide bonds. The minimum absolute atomic E-state index is 0.219. The number of para-hydroxylation sites is 4. The molecule has 0 bridgehead atoms. The molecule has 6 aromatic carbocycles. The molecule has 0 aliphatic rings. The smallest absolute Gasteiger partial charge is 0.413 e. The fourth-order valence-electron chi connectivity index (χ4n) is 4.47. The van der Waals surface area contributed by atoms with Crippen molar-refractivity contribution in [2.45, 2.75) is 0 Å². The quantitative estimate of drug-likeness (QED) is 0.148. The fourth-order valence-corrected chi connectivity index (χ4v) is 8.21. The van der Waals surface area contributed by atoms with E-state index in [9.17, 15) is 9.13 Å². The Morgan fingerprint density at radius 2 is 0.619 bits per heavy atom. The van der Waals surface area contributed by atoms with Crippen molar-refractivity contribution in [1.82, 2.24) is 0 Å². The van der Waals surface area contributed by atoms with Crippen molar-refractivity contribution >= 4 is 36.6 Å². The van der Waals surface area contributed by atoms with E-state index in [1.165, 1.54) is 0 Å². The molecule has 0 radical (unpaired) electrons. The topological polar surface area (TPSA) is 71.1 Å². The molecule has 0 fully saturated rings. The first-order chi connectivity index (χ1) is 20.5. The first kappa shape index (κ1) is 27.4. The molecule has 0 saturated carbocycles. The SMILES string of the molecule is O=P(Oc1ccccc1)(Oc1ccccc1)c1cccc2cccc(P(=O)(Oc3ccccc3)Oc3ccccc3)c12. The number of hydrogen-bond donors (Lipinski definition) is 0. The molecule has 6 rings (SSSR count). The molecule has 0 unspecified atom stereocenters. The van der Waals surface area contributed by atoms with E-state index in [0.717, 1.165) is 0 Å². The predicted molar refractivity (Wildman–Crippen MR) is 167 cm³/mol. The predicted octanol–water partition coefficient (Wildman–Crippen LogP) is 8.79. The van der Waals surface area contributed by atoms with E-state index in [0.29, 0.717) is 33.8 Å². The Kier molecular flexibility index (Phi) is 7.83. The highest BCUT2D eigenvalue weighted by Gasteiger charge is 2.39. The van der Waals surface area contributed by atoms with Gasteiger partial charge in [0, 0.05) is 5.39 Å². The van der Waals surface area contributed by atoms with Crippen molar-refractivity contribution in [1.29, 1.82) is 0 Å². The average molecular weight is 593 g/mol. The molecular weight excluding hydrogens is 566 g/mol. The molecule has 6 nitrogen and oxygen atoms in total. The van der Waals surface area contributed by atoms with Gasteiger partial charge < -0.3 is 18.1 Å². The monoisotopic (exact) mass is 592 g/mol. The molecule has 0 spiro atoms. The summed E-state index contributed by atoms with van der Waals surface area (Å²) in [5, 5.41) is 1.49. The molecule has 0 heterocycles. The summed E-state index contributed by atoms with van der Waals surface area (Å²) < 4.78 is 54.6. The average Bonchev–Trinajstić information content (AvgIpc) is 3.02. The third kappa shape index (κ3) is 5.96. The second-order valence-electron chi connectivity index (χ2n) is 9.26. The highest BCUT2D eigenvalue weighted by Crippen LogP contribution is 2.52. The van der Waals surface area contributed by atoms with E-state index >= 15 is 0 Å². The van der Waals surface area contributed by atoms with Gasteiger partial charge in [0.05, 0.1) is 10.6 Å². The molecule has 208 valence electrons. The van der Waals surface area contributed by atoms with Crippen LogP contribution in [0.5, 0.6) is 23.0 Å². The highest BCUT2D eigenvalue weighted by molar-refractivity contribution is 7.65. The summed E-state index contributed by atoms with van der Waals surface area (Å²) >= 11 is 0. The Morgan fingerprint density at radius 3 is 0.905 bits per heavy atom. The van der Waals surface area contributed by atoms with Gasteiger partial charge in [0.15, 0.2) is 0 Å². The lowest BCUT2D eigenvalue weighted by Gasteiger charge is -2.25. The van der Waals surface area contributed by atoms with E-state index in [-0.39, 0.29) is 10.6 Å². The number of fused-ring (bicyclic) bond motifs is 1. The lowest BCUT2D eigenvalue weighted by molar-refractivity contribution is 0.399. The van der Waals surface area contributed by atoms with Crippen LogP contribution in [0.4, 0.5) is 0 Å². The third-order valence-electron chi connectivity index (χ3n) is 6.33. The van der Waals surface area contributed by atoms with E-state index in [1.54, 1.807) is 121 Å². The lowest BCUT2D eigenvalue weighted by atomic mass is 10.1. The summed E-state index contributed by atoms with van der Waals surface area (Å²) in [6.45, 7) is 0. The maximum Gasteiger partial charge on any atom is 0.463 e. The van der Waals surface area contributed by atoms with Gasteiger partial charge in [-0.15, -0.1) is 0 Å². The largest absolute Gasteiger partial charge is 0.463 e. The summed E-state index contributed by atoms with van der Waals surface area (Å²) in [5.41, 5.74) is 0. The summed E-state index contributed by atoms with van der Waals surface area (Å²) in [5.74, 6) is 1.43. The summed E-state index contributed by atoms with van der Waals surface area (Å²) in [6.07, 6.45) is 0. The van der Waals surface area contributed by atoms with Gasteiger partial charge in [-0.05, 0) is 66.0 Å². The minimum atomic E-state index is -4.15. The Bertz CT molecular complexity index is 1660. The number of benzene rings is 6. The molecule has 0 saturated heterocycles. The molecule has 0 atom stereocenters. The summed E-state index contributed by atoms with van der Waals surface area (Å²) in [6, 6.07) is 45.8. The van der Waals surface area contributed by atoms with Crippen molar-refractivity contribution in [3.05, 3.63) is 158 Å². The van der Waals surface area contributed by atoms with Gasteiger partial charge in [-0.2, -0.15) is 0 Å². The van der Waals surface area contributed by atoms with Crippen LogP contribution < -0.4 is 28.7 Å². The zero-order chi connectivity index (χ0) is 28.8. The van der Waals surface area contributed by atoms with Gasteiger partial charge in [-0.3, -0.25) is 0 Å². The van der Waals surface area contributed by atoms with Gasteiger partial charge in [-0.1, -0.05) is 97.1 Å². The molecule has 8 heteroatoms. The molecule has 0 aliphatic heterocycles. The maximum atomic E-state index is 14.9. The van der Waals surface area contributed by atoms with Crippen molar-refractivity contribution in [3.63, 3.8) is 0 Å². The number of rotatable bonds is 10. The Morgan fingerprint density at radius 1 is 0.333 bits per heavy atom. The first-order valence-corrected chi connectivity index (χ1v) is 16.3.